The van der Waals surface area contributed by atoms with Crippen molar-refractivity contribution < 1.29 is 23.8 Å². The Bertz CT molecular complexity index is 1010. The Hall–Kier alpha value is -1.59. The van der Waals surface area contributed by atoms with Gasteiger partial charge < -0.3 is 0 Å². The molecule has 2 aliphatic heterocycles. The minimum atomic E-state index is -3.23. The number of aliphatic hydroxyl groups excluding tert-OH is 1. The van der Waals surface area contributed by atoms with Gasteiger partial charge in [-0.2, -0.15) is 0 Å². The van der Waals surface area contributed by atoms with Crippen LogP contribution >= 0.6 is 19.6 Å². The Morgan fingerprint density at radius 1 is 1.21 bits per heavy atom. The van der Waals surface area contributed by atoms with Gasteiger partial charge in [-0.15, -0.1) is 0 Å². The molecule has 1 unspecified atom stereocenters. The van der Waals surface area contributed by atoms with Crippen molar-refractivity contribution in [2.75, 3.05) is 6.61 Å². The summed E-state index contributed by atoms with van der Waals surface area (Å²) in [4.78, 5) is 24.3. The van der Waals surface area contributed by atoms with E-state index in [1.165, 1.54) is 25.7 Å². The molecule has 0 amide bonds. The van der Waals surface area contributed by atoms with Crippen molar-refractivity contribution in [3.63, 3.8) is 0 Å². The van der Waals surface area contributed by atoms with Gasteiger partial charge in [0.2, 0.25) is 0 Å². The molecule has 0 radical (unpaired) electrons. The molecule has 0 saturated carbocycles. The minimum absolute atomic E-state index is 0.175. The fraction of sp³-hybridized carbons (Fsp3) is 0.312. The fourth-order valence-corrected chi connectivity index (χ4v) is 5.64. The number of aliphatic hydroxyl groups is 1. The first-order valence-electron chi connectivity index (χ1n) is 8.80. The van der Waals surface area contributed by atoms with Crippen LogP contribution in [-0.4, -0.2) is 62.0 Å². The third-order valence-electron chi connectivity index (χ3n) is 4.74. The van der Waals surface area contributed by atoms with E-state index in [0.29, 0.717) is 11.2 Å². The first kappa shape index (κ1) is 18.4. The van der Waals surface area contributed by atoms with Crippen LogP contribution in [-0.2, 0) is 13.8 Å². The number of hydrogen-bond donors (Lipinski definition) is 2. The number of hydrogen-bond acceptors (Lipinski definition) is 9. The maximum atomic E-state index is 10.8. The van der Waals surface area contributed by atoms with Crippen LogP contribution in [0.3, 0.4) is 0 Å². The summed E-state index contributed by atoms with van der Waals surface area (Å²) in [6.45, 7) is 0.175. The summed E-state index contributed by atoms with van der Waals surface area (Å²) < 4.78 is 18.6. The number of imidazole rings is 1. The van der Waals surface area contributed by atoms with Gasteiger partial charge >= 0.3 is 160 Å². The average Bonchev–Trinajstić information content (AvgIpc) is 3.24. The molecule has 1 aromatic carbocycles. The molecule has 0 aliphatic carbocycles. The van der Waals surface area contributed by atoms with Crippen molar-refractivity contribution in [2.45, 2.75) is 34.5 Å². The van der Waals surface area contributed by atoms with Crippen molar-refractivity contribution in [3.8, 4) is 0 Å². The van der Waals surface area contributed by atoms with Crippen LogP contribution in [0.1, 0.15) is 6.23 Å². The normalized spacial score (nSPS) is 30.2. The van der Waals surface area contributed by atoms with Crippen molar-refractivity contribution in [3.05, 3.63) is 43.0 Å². The van der Waals surface area contributed by atoms with Gasteiger partial charge in [-0.3, -0.25) is 0 Å². The second-order valence-corrected chi connectivity index (χ2v) is 10.1. The summed E-state index contributed by atoms with van der Waals surface area (Å²) in [5.74, 6) is 0. The van der Waals surface area contributed by atoms with Crippen LogP contribution in [0.5, 0.6) is 0 Å². The van der Waals surface area contributed by atoms with E-state index < -0.39 is 32.4 Å². The Balaban J connectivity index is 1.47. The first-order chi connectivity index (χ1) is 13.5. The number of ether oxygens (including phenoxy) is 1. The Morgan fingerprint density at radius 2 is 2.04 bits per heavy atom. The van der Waals surface area contributed by atoms with Gasteiger partial charge in [0.15, 0.2) is 0 Å². The Kier molecular flexibility index (Phi) is 4.63. The summed E-state index contributed by atoms with van der Waals surface area (Å²) in [6, 6.07) is 9.88. The van der Waals surface area contributed by atoms with Gasteiger partial charge in [-0.1, -0.05) is 6.07 Å². The summed E-state index contributed by atoms with van der Waals surface area (Å²) in [5, 5.41) is 11.5. The summed E-state index contributed by atoms with van der Waals surface area (Å²) in [7, 11) is -1.71. The van der Waals surface area contributed by atoms with Crippen LogP contribution in [0.4, 0.5) is 0 Å². The number of benzene rings is 1. The van der Waals surface area contributed by atoms with E-state index in [4.69, 9.17) is 13.8 Å². The van der Waals surface area contributed by atoms with Crippen LogP contribution in [0.2, 0.25) is 0 Å². The molecule has 2 aliphatic rings. The standard InChI is InChI=1S/C16H18BN4O5PS/c17-27(23)24-6-10-13(26-27)12(22)16(25-10)21-8-20-11-14(21)18-7-19-15(11)28-9-4-2-1-3-5-9/h1-5,7-8,10,12-13,16,22-23,27H,6,17H2/t10-,12?,13-,16-/m1/s1. The zero-order valence-corrected chi connectivity index (χ0v) is 16.7. The number of aromatic nitrogens is 4. The van der Waals surface area contributed by atoms with Crippen molar-refractivity contribution in [2.24, 2.45) is 0 Å². The van der Waals surface area contributed by atoms with Crippen LogP contribution in [0.15, 0.2) is 52.9 Å². The number of nitrogens with zero attached hydrogens (tertiary/aromatic N) is 4. The molecular weight excluding hydrogens is 402 g/mol. The molecule has 9 nitrogen and oxygen atoms in total. The monoisotopic (exact) mass is 420 g/mol. The summed E-state index contributed by atoms with van der Waals surface area (Å²) in [6.07, 6.45) is 0.206. The summed E-state index contributed by atoms with van der Waals surface area (Å²) in [5.41, 5.74) is 1.18. The van der Waals surface area contributed by atoms with Gasteiger partial charge in [-0.05, 0) is 0 Å². The van der Waals surface area contributed by atoms with Gasteiger partial charge in [0, 0.05) is 0 Å². The molecule has 28 heavy (non-hydrogen) atoms. The van der Waals surface area contributed by atoms with Gasteiger partial charge in [0.1, 0.15) is 0 Å². The SMILES string of the molecule is B[PH]1(O)OC[C@H]2O[C@@H](n3cnc4c(Sc5ccccc5)ncnc43)C(O)[C@@H]2O1. The molecule has 3 aromatic rings. The average molecular weight is 420 g/mol. The first-order valence-corrected chi connectivity index (χ1v) is 11.9. The zero-order chi connectivity index (χ0) is 19.3. The maximum absolute atomic E-state index is 10.8. The molecular formula is C16H18BN4O5PS. The van der Waals surface area contributed by atoms with Gasteiger partial charge in [-0.25, -0.2) is 0 Å². The second-order valence-electron chi connectivity index (χ2n) is 6.76. The third kappa shape index (κ3) is 3.23. The van der Waals surface area contributed by atoms with Crippen molar-refractivity contribution >= 4 is 38.3 Å². The number of rotatable bonds is 3. The van der Waals surface area contributed by atoms with Gasteiger partial charge in [0.25, 0.3) is 0 Å². The van der Waals surface area contributed by atoms with E-state index >= 15 is 0 Å². The molecule has 0 spiro atoms. The predicted octanol–water partition coefficient (Wildman–Crippen LogP) is 0.686. The molecule has 2 saturated heterocycles. The third-order valence-corrected chi connectivity index (χ3v) is 7.15. The van der Waals surface area contributed by atoms with Crippen molar-refractivity contribution in [1.29, 1.82) is 0 Å². The molecule has 4 heterocycles. The fourth-order valence-electron chi connectivity index (χ4n) is 3.44. The summed E-state index contributed by atoms with van der Waals surface area (Å²) >= 11 is 1.49. The van der Waals surface area contributed by atoms with E-state index in [0.717, 1.165) is 9.92 Å². The predicted molar refractivity (Wildman–Crippen MR) is 106 cm³/mol. The molecule has 146 valence electrons. The van der Waals surface area contributed by atoms with E-state index in [1.807, 2.05) is 30.3 Å². The molecule has 2 N–H and O–H groups in total. The van der Waals surface area contributed by atoms with Crippen LogP contribution in [0.25, 0.3) is 11.2 Å². The number of fused-ring (bicyclic) bond motifs is 2. The van der Waals surface area contributed by atoms with E-state index in [-0.39, 0.29) is 6.61 Å². The van der Waals surface area contributed by atoms with E-state index in [1.54, 1.807) is 10.9 Å². The quantitative estimate of drug-likeness (QED) is 0.359. The van der Waals surface area contributed by atoms with Crippen LogP contribution in [0, 0.1) is 0 Å². The van der Waals surface area contributed by atoms with Gasteiger partial charge in [0.05, 0.1) is 0 Å². The van der Waals surface area contributed by atoms with Crippen molar-refractivity contribution in [1.82, 2.24) is 19.5 Å². The molecule has 5 rings (SSSR count). The topological polar surface area (TPSA) is 112 Å². The molecule has 2 aromatic heterocycles. The Labute approximate surface area is 166 Å². The molecule has 0 bridgehead atoms. The molecule has 12 heteroatoms. The van der Waals surface area contributed by atoms with E-state index in [2.05, 4.69) is 15.0 Å². The zero-order valence-electron chi connectivity index (χ0n) is 14.9. The van der Waals surface area contributed by atoms with E-state index in [9.17, 15) is 10.00 Å². The van der Waals surface area contributed by atoms with Crippen LogP contribution < -0.4 is 0 Å². The molecule has 4 atom stereocenters. The second kappa shape index (κ2) is 7.03. The Morgan fingerprint density at radius 3 is 2.86 bits per heavy atom. The molecule has 2 fully saturated rings.